The van der Waals surface area contributed by atoms with E-state index in [-0.39, 0.29) is 49.0 Å². The number of amides is 3. The molecule has 0 spiro atoms. The minimum atomic E-state index is -1.15. The van der Waals surface area contributed by atoms with Crippen LogP contribution in [0.15, 0.2) is 71.9 Å². The zero-order valence-corrected chi connectivity index (χ0v) is 25.2. The van der Waals surface area contributed by atoms with Crippen molar-refractivity contribution in [2.45, 2.75) is 25.8 Å². The number of para-hydroxylation sites is 1. The van der Waals surface area contributed by atoms with E-state index in [0.29, 0.717) is 34.1 Å². The zero-order chi connectivity index (χ0) is 30.2. The first-order chi connectivity index (χ1) is 20.2. The first-order valence-corrected chi connectivity index (χ1v) is 13.7. The molecule has 1 saturated heterocycles. The maximum absolute atomic E-state index is 13.8. The van der Waals surface area contributed by atoms with Crippen molar-refractivity contribution in [3.63, 3.8) is 0 Å². The van der Waals surface area contributed by atoms with E-state index < -0.39 is 29.9 Å². The smallest absolute Gasteiger partial charge is 0.337 e. The van der Waals surface area contributed by atoms with Crippen LogP contribution in [0.1, 0.15) is 40.9 Å². The van der Waals surface area contributed by atoms with Crippen LogP contribution < -0.4 is 25.9 Å². The van der Waals surface area contributed by atoms with Crippen LogP contribution in [0.4, 0.5) is 10.5 Å². The Bertz CT molecular complexity index is 1490. The molecule has 2 atom stereocenters. The van der Waals surface area contributed by atoms with Gasteiger partial charge >= 0.3 is 12.0 Å². The second kappa shape index (κ2) is 15.1. The van der Waals surface area contributed by atoms with Crippen LogP contribution in [-0.4, -0.2) is 53.9 Å². The van der Waals surface area contributed by atoms with Crippen molar-refractivity contribution in [1.29, 1.82) is 0 Å². The van der Waals surface area contributed by atoms with Crippen LogP contribution in [0.3, 0.4) is 0 Å². The number of urea groups is 1. The highest BCUT2D eigenvalue weighted by Gasteiger charge is 2.35. The Morgan fingerprint density at radius 1 is 1.19 bits per heavy atom. The molecule has 1 heterocycles. The number of methoxy groups -OCH3 is 1. The fraction of sp³-hybridized carbons (Fsp3) is 0.267. The van der Waals surface area contributed by atoms with Crippen LogP contribution in [0.2, 0.25) is 5.02 Å². The van der Waals surface area contributed by atoms with Gasteiger partial charge in [-0.3, -0.25) is 9.69 Å². The standard InChI is InChI=1S/C30H32ClN5O6.ClH/c1-3-25(18-9-11-23(29(38)39)24(32)15-18)34-30(40)36-17-27(35-42-22-7-5-4-6-8-22)33-16-20(28(36)37)13-19-14-21(31)10-12-26(19)41-2;/h4-12,14-15,20,25H,3,13,16-17,32H2,1-2H3,(H,33,35)(H,34,40)(H,38,39);1H/t20-,25-;/m1./s1. The van der Waals surface area contributed by atoms with Crippen molar-refractivity contribution >= 4 is 53.4 Å². The van der Waals surface area contributed by atoms with E-state index in [0.717, 1.165) is 4.90 Å². The summed E-state index contributed by atoms with van der Waals surface area (Å²) in [7, 11) is 1.53. The first-order valence-electron chi connectivity index (χ1n) is 13.3. The van der Waals surface area contributed by atoms with Gasteiger partial charge in [0.25, 0.3) is 0 Å². The number of hydrogen-bond donors (Lipinski definition) is 4. The van der Waals surface area contributed by atoms with Crippen molar-refractivity contribution in [1.82, 2.24) is 15.5 Å². The lowest BCUT2D eigenvalue weighted by Gasteiger charge is -2.26. The molecule has 0 radical (unpaired) electrons. The average molecular weight is 631 g/mol. The molecule has 43 heavy (non-hydrogen) atoms. The van der Waals surface area contributed by atoms with E-state index in [9.17, 15) is 19.5 Å². The molecule has 0 saturated carbocycles. The highest BCUT2D eigenvalue weighted by Crippen LogP contribution is 2.27. The number of hydrogen-bond acceptors (Lipinski definition) is 7. The van der Waals surface area contributed by atoms with Gasteiger partial charge in [0.05, 0.1) is 31.2 Å². The summed E-state index contributed by atoms with van der Waals surface area (Å²) in [4.78, 5) is 45.5. The third-order valence-electron chi connectivity index (χ3n) is 6.85. The number of ether oxygens (including phenoxy) is 1. The number of oxime groups is 1. The van der Waals surface area contributed by atoms with Gasteiger partial charge < -0.3 is 31.0 Å². The van der Waals surface area contributed by atoms with Crippen LogP contribution in [0, 0.1) is 5.92 Å². The summed E-state index contributed by atoms with van der Waals surface area (Å²) in [6.07, 6.45) is 0.704. The second-order valence-electron chi connectivity index (χ2n) is 9.67. The highest BCUT2D eigenvalue weighted by atomic mass is 35.5. The van der Waals surface area contributed by atoms with E-state index in [2.05, 4.69) is 15.8 Å². The Morgan fingerprint density at radius 3 is 2.58 bits per heavy atom. The van der Waals surface area contributed by atoms with Gasteiger partial charge in [-0.2, -0.15) is 0 Å². The second-order valence-corrected chi connectivity index (χ2v) is 10.1. The number of carbonyl (C=O) groups excluding carboxylic acids is 2. The lowest BCUT2D eigenvalue weighted by Crippen LogP contribution is -2.48. The SMILES string of the molecule is CC[C@@H](NC(=O)N1C/C(=N/Oc2ccccc2)NC[C@@H](Cc2cc(Cl)ccc2OC)C1=O)c1ccc(C(=O)O)c(N)c1.Cl. The number of nitrogens with one attached hydrogen (secondary N) is 2. The molecule has 4 rings (SSSR count). The average Bonchev–Trinajstić information content (AvgIpc) is 3.13. The molecule has 13 heteroatoms. The Balaban J connectivity index is 0.00000506. The lowest BCUT2D eigenvalue weighted by atomic mass is 9.97. The van der Waals surface area contributed by atoms with Gasteiger partial charge in [0, 0.05) is 17.3 Å². The number of anilines is 1. The summed E-state index contributed by atoms with van der Waals surface area (Å²) in [5.74, 6) is -0.897. The van der Waals surface area contributed by atoms with Crippen molar-refractivity contribution in [2.24, 2.45) is 11.1 Å². The number of nitrogens with zero attached hydrogens (tertiary/aromatic N) is 2. The van der Waals surface area contributed by atoms with Gasteiger partial charge in [0.1, 0.15) is 5.75 Å². The minimum Gasteiger partial charge on any atom is -0.496 e. The normalized spacial score (nSPS) is 16.3. The van der Waals surface area contributed by atoms with Crippen molar-refractivity contribution in [3.8, 4) is 11.5 Å². The van der Waals surface area contributed by atoms with E-state index in [1.54, 1.807) is 48.5 Å². The summed E-state index contributed by atoms with van der Waals surface area (Å²) >= 11 is 6.22. The quantitative estimate of drug-likeness (QED) is 0.192. The highest BCUT2D eigenvalue weighted by molar-refractivity contribution is 6.30. The molecular weight excluding hydrogens is 597 g/mol. The predicted molar refractivity (Wildman–Crippen MR) is 166 cm³/mol. The Labute approximate surface area is 260 Å². The topological polar surface area (TPSA) is 156 Å². The molecule has 0 aliphatic carbocycles. The Hall–Kier alpha value is -4.48. The molecule has 1 aliphatic heterocycles. The molecule has 1 aliphatic rings. The van der Waals surface area contributed by atoms with Crippen molar-refractivity contribution in [2.75, 3.05) is 25.9 Å². The maximum atomic E-state index is 13.8. The Kier molecular flexibility index (Phi) is 11.6. The fourth-order valence-electron chi connectivity index (χ4n) is 4.63. The molecule has 0 bridgehead atoms. The van der Waals surface area contributed by atoms with Crippen LogP contribution in [-0.2, 0) is 11.2 Å². The van der Waals surface area contributed by atoms with Gasteiger partial charge in [-0.1, -0.05) is 47.9 Å². The number of benzene rings is 3. The molecule has 228 valence electrons. The molecule has 3 amide bonds. The number of carbonyl (C=O) groups is 3. The number of nitrogen functional groups attached to an aromatic ring is 1. The molecule has 0 unspecified atom stereocenters. The number of nitrogens with two attached hydrogens (primary N) is 1. The molecule has 1 fully saturated rings. The largest absolute Gasteiger partial charge is 0.496 e. The number of aromatic carboxylic acids is 1. The number of amidine groups is 1. The minimum absolute atomic E-state index is 0. The number of carboxylic acid groups (broad SMARTS) is 1. The third-order valence-corrected chi connectivity index (χ3v) is 7.08. The van der Waals surface area contributed by atoms with Crippen molar-refractivity contribution < 1.29 is 29.1 Å². The zero-order valence-electron chi connectivity index (χ0n) is 23.6. The van der Waals surface area contributed by atoms with E-state index in [1.165, 1.54) is 19.2 Å². The van der Waals surface area contributed by atoms with Gasteiger partial charge in [0.15, 0.2) is 11.6 Å². The third kappa shape index (κ3) is 8.30. The molecular formula is C30H33Cl2N5O6. The molecule has 11 nitrogen and oxygen atoms in total. The van der Waals surface area contributed by atoms with E-state index in [4.69, 9.17) is 26.9 Å². The predicted octanol–water partition coefficient (Wildman–Crippen LogP) is 4.89. The number of rotatable bonds is 9. The summed E-state index contributed by atoms with van der Waals surface area (Å²) in [6.45, 7) is 1.86. The Morgan fingerprint density at radius 2 is 1.93 bits per heavy atom. The summed E-state index contributed by atoms with van der Waals surface area (Å²) in [6, 6.07) is 17.4. The van der Waals surface area contributed by atoms with E-state index in [1.807, 2.05) is 13.0 Å². The summed E-state index contributed by atoms with van der Waals surface area (Å²) < 4.78 is 5.47. The lowest BCUT2D eigenvalue weighted by molar-refractivity contribution is -0.131. The van der Waals surface area contributed by atoms with Gasteiger partial charge in [-0.25, -0.2) is 9.59 Å². The first kappa shape index (κ1) is 33.0. The number of carboxylic acids is 1. The van der Waals surface area contributed by atoms with Gasteiger partial charge in [0.2, 0.25) is 5.91 Å². The molecule has 5 N–H and O–H groups in total. The van der Waals surface area contributed by atoms with Gasteiger partial charge in [-0.05, 0) is 66.4 Å². The van der Waals surface area contributed by atoms with Gasteiger partial charge in [-0.15, -0.1) is 12.4 Å². The van der Waals surface area contributed by atoms with Crippen LogP contribution >= 0.6 is 24.0 Å². The summed E-state index contributed by atoms with van der Waals surface area (Å²) in [5, 5.41) is 20.0. The maximum Gasteiger partial charge on any atom is 0.337 e. The van der Waals surface area contributed by atoms with E-state index >= 15 is 0 Å². The van der Waals surface area contributed by atoms with Crippen LogP contribution in [0.5, 0.6) is 11.5 Å². The molecule has 3 aromatic rings. The summed E-state index contributed by atoms with van der Waals surface area (Å²) in [5.41, 5.74) is 7.30. The number of imide groups is 1. The fourth-order valence-corrected chi connectivity index (χ4v) is 4.82. The van der Waals surface area contributed by atoms with Crippen LogP contribution in [0.25, 0.3) is 0 Å². The molecule has 3 aromatic carbocycles. The number of halogens is 2. The monoisotopic (exact) mass is 629 g/mol. The molecule has 0 aromatic heterocycles. The van der Waals surface area contributed by atoms with Crippen molar-refractivity contribution in [3.05, 3.63) is 88.4 Å².